The Morgan fingerprint density at radius 2 is 1.89 bits per heavy atom. The molecule has 1 fully saturated rings. The minimum absolute atomic E-state index is 0.00482. The number of ether oxygens (including phenoxy) is 1. The molecule has 2 aromatic carbocycles. The second-order valence-corrected chi connectivity index (χ2v) is 14.4. The van der Waals surface area contributed by atoms with E-state index in [1.807, 2.05) is 18.2 Å². The van der Waals surface area contributed by atoms with Crippen LogP contribution in [0.3, 0.4) is 0 Å². The first-order chi connectivity index (χ1) is 17.3. The molecule has 0 saturated carbocycles. The minimum Gasteiger partial charge on any atom is -0.424 e. The fourth-order valence-corrected chi connectivity index (χ4v) is 9.26. The van der Waals surface area contributed by atoms with Crippen LogP contribution in [-0.4, -0.2) is 50.0 Å². The lowest BCUT2D eigenvalue weighted by molar-refractivity contribution is 0.0716. The van der Waals surface area contributed by atoms with Gasteiger partial charge in [0.2, 0.25) is 13.3 Å². The van der Waals surface area contributed by atoms with Crippen LogP contribution < -0.4 is 10.2 Å². The number of aliphatic imine (C=N–C) groups is 1. The van der Waals surface area contributed by atoms with Gasteiger partial charge >= 0.3 is 0 Å². The Bertz CT molecular complexity index is 1380. The molecule has 6 nitrogen and oxygen atoms in total. The fraction of sp³-hybridized carbons (Fsp3) is 0.370. The van der Waals surface area contributed by atoms with Gasteiger partial charge in [0.1, 0.15) is 0 Å². The first kappa shape index (κ1) is 24.4. The van der Waals surface area contributed by atoms with Crippen LogP contribution in [0.15, 0.2) is 68.1 Å². The van der Waals surface area contributed by atoms with Crippen LogP contribution in [0.5, 0.6) is 0 Å². The molecule has 3 aromatic rings. The van der Waals surface area contributed by atoms with Crippen molar-refractivity contribution >= 4 is 63.0 Å². The van der Waals surface area contributed by atoms with E-state index in [1.54, 1.807) is 11.3 Å². The Morgan fingerprint density at radius 1 is 1.14 bits per heavy atom. The van der Waals surface area contributed by atoms with Gasteiger partial charge in [0, 0.05) is 41.8 Å². The molecule has 0 unspecified atom stereocenters. The van der Waals surface area contributed by atoms with Crippen LogP contribution in [0.4, 0.5) is 17.1 Å². The minimum atomic E-state index is -2.70. The zero-order valence-corrected chi connectivity index (χ0v) is 24.2. The maximum atomic E-state index is 7.05. The van der Waals surface area contributed by atoms with Gasteiger partial charge in [0.05, 0.1) is 34.8 Å². The molecule has 0 N–H and O–H groups in total. The average molecular weight is 586 g/mol. The molecule has 1 saturated heterocycles. The van der Waals surface area contributed by atoms with Crippen molar-refractivity contribution in [1.29, 1.82) is 0 Å². The summed E-state index contributed by atoms with van der Waals surface area (Å²) in [5, 5.41) is 3.17. The third kappa shape index (κ3) is 3.89. The summed E-state index contributed by atoms with van der Waals surface area (Å²) in [4.78, 5) is 8.50. The molecule has 6 rings (SSSR count). The molecule has 9 heteroatoms. The second kappa shape index (κ2) is 9.10. The van der Waals surface area contributed by atoms with Crippen molar-refractivity contribution in [3.63, 3.8) is 0 Å². The van der Waals surface area contributed by atoms with Gasteiger partial charge in [-0.25, -0.2) is 14.4 Å². The van der Waals surface area contributed by atoms with Gasteiger partial charge in [0.25, 0.3) is 0 Å². The summed E-state index contributed by atoms with van der Waals surface area (Å²) in [5.74, 6) is 0.658. The summed E-state index contributed by atoms with van der Waals surface area (Å²) in [6, 6.07) is 17.3. The lowest BCUT2D eigenvalue weighted by atomic mass is 9.81. The molecule has 0 amide bonds. The summed E-state index contributed by atoms with van der Waals surface area (Å²) in [5.41, 5.74) is 4.43. The van der Waals surface area contributed by atoms with Gasteiger partial charge in [0.15, 0.2) is 0 Å². The molecule has 36 heavy (non-hydrogen) atoms. The van der Waals surface area contributed by atoms with Gasteiger partial charge in [-0.05, 0) is 60.3 Å². The van der Waals surface area contributed by atoms with E-state index in [9.17, 15) is 0 Å². The molecular formula is C27H30BrN4O2PS. The van der Waals surface area contributed by atoms with Gasteiger partial charge in [-0.15, -0.1) is 11.3 Å². The molecule has 0 aliphatic carbocycles. The number of morpholine rings is 1. The van der Waals surface area contributed by atoms with Crippen molar-refractivity contribution in [3.8, 4) is 0 Å². The average Bonchev–Trinajstić information content (AvgIpc) is 3.48. The first-order valence-corrected chi connectivity index (χ1v) is 15.5. The van der Waals surface area contributed by atoms with E-state index in [-0.39, 0.29) is 5.41 Å². The number of hydrogen-bond donors (Lipinski definition) is 0. The van der Waals surface area contributed by atoms with E-state index in [0.717, 1.165) is 39.1 Å². The molecule has 188 valence electrons. The smallest absolute Gasteiger partial charge is 0.242 e. The Morgan fingerprint density at radius 3 is 2.58 bits per heavy atom. The highest BCUT2D eigenvalue weighted by atomic mass is 79.9. The van der Waals surface area contributed by atoms with E-state index in [1.165, 1.54) is 11.3 Å². The predicted molar refractivity (Wildman–Crippen MR) is 154 cm³/mol. The Hall–Kier alpha value is -1.96. The SMILES string of the molecule is C[C@@H]1N(C)c2cc3c(cc2C1(C)C)[P@@](=Nc1ccc(Br)cc1)(N1CCOCC1)OC(c1cccs1)=N3. The van der Waals surface area contributed by atoms with Gasteiger partial charge in [-0.2, -0.15) is 0 Å². The number of benzene rings is 2. The lowest BCUT2D eigenvalue weighted by Gasteiger charge is -2.40. The second-order valence-electron chi connectivity index (χ2n) is 10.0. The maximum Gasteiger partial charge on any atom is 0.242 e. The van der Waals surface area contributed by atoms with Crippen molar-refractivity contribution in [3.05, 3.63) is 68.8 Å². The zero-order valence-electron chi connectivity index (χ0n) is 20.9. The highest BCUT2D eigenvalue weighted by Gasteiger charge is 2.46. The Balaban J connectivity index is 1.66. The number of halogens is 1. The maximum absolute atomic E-state index is 7.05. The normalized spacial score (nSPS) is 25.1. The van der Waals surface area contributed by atoms with Crippen molar-refractivity contribution in [2.45, 2.75) is 32.2 Å². The predicted octanol–water partition coefficient (Wildman–Crippen LogP) is 7.06. The number of hydrogen-bond acceptors (Lipinski definition) is 6. The summed E-state index contributed by atoms with van der Waals surface area (Å²) in [6.07, 6.45) is 0. The molecule has 3 aliphatic heterocycles. The number of thiophene rings is 1. The zero-order chi connectivity index (χ0) is 25.1. The Kier molecular flexibility index (Phi) is 6.17. The molecule has 0 spiro atoms. The first-order valence-electron chi connectivity index (χ1n) is 12.2. The van der Waals surface area contributed by atoms with Crippen molar-refractivity contribution in [2.75, 3.05) is 38.3 Å². The fourth-order valence-electron chi connectivity index (χ4n) is 5.25. The summed E-state index contributed by atoms with van der Waals surface area (Å²) in [6.45, 7) is 9.82. The highest BCUT2D eigenvalue weighted by molar-refractivity contribution is 9.10. The molecule has 0 bridgehead atoms. The van der Waals surface area contributed by atoms with Crippen LogP contribution in [-0.2, 0) is 14.7 Å². The third-order valence-electron chi connectivity index (χ3n) is 7.72. The number of anilines is 1. The standard InChI is InChI=1S/C27H30BrN4O2PS/c1-18-27(2,3)21-16-24-22(17-23(21)31(18)4)29-26(25-6-5-15-36-25)34-35(24,32-11-13-33-14-12-32)30-20-9-7-19(28)8-10-20/h5-10,15-18H,11-14H2,1-4H3/t18-,35+/m0/s1. The summed E-state index contributed by atoms with van der Waals surface area (Å²) in [7, 11) is -0.513. The lowest BCUT2D eigenvalue weighted by Crippen LogP contribution is -2.39. The summed E-state index contributed by atoms with van der Waals surface area (Å²) >= 11 is 5.21. The van der Waals surface area contributed by atoms with E-state index in [2.05, 4.69) is 89.0 Å². The topological polar surface area (TPSA) is 49.7 Å². The van der Waals surface area contributed by atoms with Crippen LogP contribution in [0, 0.1) is 0 Å². The molecule has 0 radical (unpaired) electrons. The number of nitrogens with zero attached hydrogens (tertiary/aromatic N) is 4. The van der Waals surface area contributed by atoms with Crippen LogP contribution in [0.25, 0.3) is 0 Å². The number of fused-ring (bicyclic) bond motifs is 2. The number of rotatable bonds is 3. The van der Waals surface area contributed by atoms with Gasteiger partial charge in [-0.3, -0.25) is 0 Å². The van der Waals surface area contributed by atoms with Crippen molar-refractivity contribution < 1.29 is 9.26 Å². The van der Waals surface area contributed by atoms with Crippen LogP contribution in [0.1, 0.15) is 31.2 Å². The van der Waals surface area contributed by atoms with E-state index >= 15 is 0 Å². The van der Waals surface area contributed by atoms with Crippen molar-refractivity contribution in [1.82, 2.24) is 4.67 Å². The van der Waals surface area contributed by atoms with Gasteiger partial charge < -0.3 is 14.2 Å². The molecular weight excluding hydrogens is 555 g/mol. The summed E-state index contributed by atoms with van der Waals surface area (Å²) < 4.78 is 21.7. The highest BCUT2D eigenvalue weighted by Crippen LogP contribution is 2.61. The Labute approximate surface area is 225 Å². The van der Waals surface area contributed by atoms with E-state index < -0.39 is 7.43 Å². The molecule has 4 heterocycles. The molecule has 3 aliphatic rings. The van der Waals surface area contributed by atoms with Crippen LogP contribution in [0.2, 0.25) is 0 Å². The third-order valence-corrected chi connectivity index (χ3v) is 12.2. The largest absolute Gasteiger partial charge is 0.424 e. The van der Waals surface area contributed by atoms with Gasteiger partial charge in [-0.1, -0.05) is 35.8 Å². The van der Waals surface area contributed by atoms with E-state index in [0.29, 0.717) is 25.2 Å². The van der Waals surface area contributed by atoms with Crippen molar-refractivity contribution in [2.24, 2.45) is 9.74 Å². The van der Waals surface area contributed by atoms with E-state index in [4.69, 9.17) is 19.0 Å². The number of likely N-dealkylation sites (N-methyl/N-ethyl adjacent to an activating group) is 1. The van der Waals surface area contributed by atoms with Crippen LogP contribution >= 0.6 is 34.7 Å². The quantitative estimate of drug-likeness (QED) is 0.309. The molecule has 1 aromatic heterocycles. The molecule has 2 atom stereocenters. The monoisotopic (exact) mass is 584 g/mol.